The van der Waals surface area contributed by atoms with Crippen molar-refractivity contribution in [1.29, 1.82) is 0 Å². The smallest absolute Gasteiger partial charge is 0.191 e. The van der Waals surface area contributed by atoms with Crippen LogP contribution in [0.1, 0.15) is 5.56 Å². The summed E-state index contributed by atoms with van der Waals surface area (Å²) in [6.07, 6.45) is 0. The summed E-state index contributed by atoms with van der Waals surface area (Å²) in [5.74, 6) is 1.62. The van der Waals surface area contributed by atoms with E-state index in [9.17, 15) is 0 Å². The van der Waals surface area contributed by atoms with Crippen molar-refractivity contribution in [2.24, 2.45) is 7.05 Å². The lowest BCUT2D eigenvalue weighted by Crippen LogP contribution is -1.95. The third-order valence-corrected chi connectivity index (χ3v) is 5.12. The molecule has 0 unspecified atom stereocenters. The molecular weight excluding hydrogens is 382 g/mol. The van der Waals surface area contributed by atoms with Gasteiger partial charge in [0.05, 0.1) is 5.02 Å². The first-order valence-electron chi connectivity index (χ1n) is 6.66. The maximum absolute atomic E-state index is 6.24. The molecule has 1 heterocycles. The lowest BCUT2D eigenvalue weighted by atomic mass is 10.2. The summed E-state index contributed by atoms with van der Waals surface area (Å²) in [5.41, 5.74) is 2.13. The number of hydrogen-bond acceptors (Lipinski definition) is 3. The Balaban J connectivity index is 1.81. The van der Waals surface area contributed by atoms with E-state index in [2.05, 4.69) is 38.3 Å². The van der Waals surface area contributed by atoms with Crippen LogP contribution in [0.5, 0.6) is 0 Å². The van der Waals surface area contributed by atoms with E-state index in [0.717, 1.165) is 26.8 Å². The molecule has 0 aliphatic heterocycles. The molecule has 0 spiro atoms. The van der Waals surface area contributed by atoms with Gasteiger partial charge in [0.1, 0.15) is 0 Å². The fraction of sp³-hybridized carbons (Fsp3) is 0.125. The first-order valence-corrected chi connectivity index (χ1v) is 8.82. The Morgan fingerprint density at radius 2 is 1.95 bits per heavy atom. The molecule has 22 heavy (non-hydrogen) atoms. The molecular formula is C16H13BrClN3S. The number of aromatic nitrogens is 3. The van der Waals surface area contributed by atoms with Gasteiger partial charge in [0.2, 0.25) is 0 Å². The molecule has 0 radical (unpaired) electrons. The van der Waals surface area contributed by atoms with Gasteiger partial charge >= 0.3 is 0 Å². The quantitative estimate of drug-likeness (QED) is 0.570. The monoisotopic (exact) mass is 393 g/mol. The molecule has 0 saturated carbocycles. The van der Waals surface area contributed by atoms with Gasteiger partial charge in [-0.05, 0) is 29.8 Å². The number of thioether (sulfide) groups is 1. The molecule has 0 aliphatic rings. The highest BCUT2D eigenvalue weighted by atomic mass is 79.9. The van der Waals surface area contributed by atoms with Gasteiger partial charge in [0, 0.05) is 22.8 Å². The first-order chi connectivity index (χ1) is 10.6. The largest absolute Gasteiger partial charge is 0.305 e. The standard InChI is InChI=1S/C16H13BrClN3S/c1-21-15(13-7-2-3-8-14(13)18)19-20-16(21)22-10-11-5-4-6-12(17)9-11/h2-9H,10H2,1H3. The Morgan fingerprint density at radius 3 is 2.73 bits per heavy atom. The van der Waals surface area contributed by atoms with E-state index in [1.807, 2.05) is 48.0 Å². The molecule has 2 aromatic carbocycles. The SMILES string of the molecule is Cn1c(SCc2cccc(Br)c2)nnc1-c1ccccc1Cl. The lowest BCUT2D eigenvalue weighted by molar-refractivity contribution is 0.794. The molecule has 3 aromatic rings. The van der Waals surface area contributed by atoms with E-state index in [1.54, 1.807) is 11.8 Å². The van der Waals surface area contributed by atoms with Gasteiger partial charge in [0.15, 0.2) is 11.0 Å². The van der Waals surface area contributed by atoms with Crippen LogP contribution in [0.25, 0.3) is 11.4 Å². The van der Waals surface area contributed by atoms with Crippen molar-refractivity contribution in [3.05, 3.63) is 63.6 Å². The molecule has 3 nitrogen and oxygen atoms in total. The molecule has 3 rings (SSSR count). The van der Waals surface area contributed by atoms with Crippen molar-refractivity contribution >= 4 is 39.3 Å². The molecule has 0 saturated heterocycles. The molecule has 0 N–H and O–H groups in total. The zero-order valence-corrected chi connectivity index (χ0v) is 15.0. The van der Waals surface area contributed by atoms with Crippen molar-refractivity contribution in [3.8, 4) is 11.4 Å². The van der Waals surface area contributed by atoms with E-state index in [-0.39, 0.29) is 0 Å². The second-order valence-electron chi connectivity index (χ2n) is 4.76. The minimum absolute atomic E-state index is 0.682. The summed E-state index contributed by atoms with van der Waals surface area (Å²) in [6, 6.07) is 15.9. The van der Waals surface area contributed by atoms with Crippen LogP contribution in [-0.4, -0.2) is 14.8 Å². The summed E-state index contributed by atoms with van der Waals surface area (Å²) >= 11 is 11.4. The molecule has 112 valence electrons. The van der Waals surface area contributed by atoms with Crippen LogP contribution in [0.4, 0.5) is 0 Å². The maximum atomic E-state index is 6.24. The predicted octanol–water partition coefficient (Wildman–Crippen LogP) is 5.19. The van der Waals surface area contributed by atoms with E-state index in [1.165, 1.54) is 5.56 Å². The van der Waals surface area contributed by atoms with Crippen LogP contribution < -0.4 is 0 Å². The fourth-order valence-corrected chi connectivity index (χ4v) is 3.61. The van der Waals surface area contributed by atoms with Crippen LogP contribution in [0.3, 0.4) is 0 Å². The highest BCUT2D eigenvalue weighted by Crippen LogP contribution is 2.29. The second-order valence-corrected chi connectivity index (χ2v) is 7.03. The van der Waals surface area contributed by atoms with Crippen molar-refractivity contribution in [2.75, 3.05) is 0 Å². The highest BCUT2D eigenvalue weighted by molar-refractivity contribution is 9.10. The average molecular weight is 395 g/mol. The van der Waals surface area contributed by atoms with Gasteiger partial charge in [0.25, 0.3) is 0 Å². The van der Waals surface area contributed by atoms with Crippen molar-refractivity contribution in [3.63, 3.8) is 0 Å². The van der Waals surface area contributed by atoms with Crippen LogP contribution in [0.15, 0.2) is 58.2 Å². The van der Waals surface area contributed by atoms with E-state index in [4.69, 9.17) is 11.6 Å². The van der Waals surface area contributed by atoms with Crippen LogP contribution in [0, 0.1) is 0 Å². The predicted molar refractivity (Wildman–Crippen MR) is 95.2 cm³/mol. The van der Waals surface area contributed by atoms with Crippen LogP contribution >= 0.6 is 39.3 Å². The zero-order chi connectivity index (χ0) is 15.5. The molecule has 0 fully saturated rings. The Hall–Kier alpha value is -1.30. The van der Waals surface area contributed by atoms with Gasteiger partial charge in [-0.15, -0.1) is 10.2 Å². The fourth-order valence-electron chi connectivity index (χ4n) is 2.09. The number of nitrogens with zero attached hydrogens (tertiary/aromatic N) is 3. The maximum Gasteiger partial charge on any atom is 0.191 e. The molecule has 0 atom stereocenters. The normalized spacial score (nSPS) is 10.9. The van der Waals surface area contributed by atoms with Crippen molar-refractivity contribution < 1.29 is 0 Å². The number of rotatable bonds is 4. The minimum Gasteiger partial charge on any atom is -0.305 e. The molecule has 0 bridgehead atoms. The number of hydrogen-bond donors (Lipinski definition) is 0. The van der Waals surface area contributed by atoms with E-state index >= 15 is 0 Å². The number of benzene rings is 2. The van der Waals surface area contributed by atoms with Gasteiger partial charge < -0.3 is 4.57 Å². The first kappa shape index (κ1) is 15.6. The third-order valence-electron chi connectivity index (χ3n) is 3.21. The Morgan fingerprint density at radius 1 is 1.14 bits per heavy atom. The van der Waals surface area contributed by atoms with Crippen molar-refractivity contribution in [2.45, 2.75) is 10.9 Å². The van der Waals surface area contributed by atoms with Crippen LogP contribution in [-0.2, 0) is 12.8 Å². The molecule has 0 aliphatic carbocycles. The summed E-state index contributed by atoms with van der Waals surface area (Å²) in [6.45, 7) is 0. The molecule has 0 amide bonds. The second kappa shape index (κ2) is 6.86. The average Bonchev–Trinajstić information content (AvgIpc) is 2.87. The van der Waals surface area contributed by atoms with Crippen molar-refractivity contribution in [1.82, 2.24) is 14.8 Å². The molecule has 1 aromatic heterocycles. The third kappa shape index (κ3) is 3.37. The van der Waals surface area contributed by atoms with Gasteiger partial charge in [-0.25, -0.2) is 0 Å². The van der Waals surface area contributed by atoms with E-state index < -0.39 is 0 Å². The summed E-state index contributed by atoms with van der Waals surface area (Å²) in [7, 11) is 1.96. The van der Waals surface area contributed by atoms with E-state index in [0.29, 0.717) is 5.02 Å². The van der Waals surface area contributed by atoms with Crippen LogP contribution in [0.2, 0.25) is 5.02 Å². The Labute approximate surface area is 146 Å². The van der Waals surface area contributed by atoms with Gasteiger partial charge in [-0.1, -0.05) is 63.6 Å². The van der Waals surface area contributed by atoms with Gasteiger partial charge in [-0.3, -0.25) is 0 Å². The number of halogens is 2. The van der Waals surface area contributed by atoms with Gasteiger partial charge in [-0.2, -0.15) is 0 Å². The summed E-state index contributed by atoms with van der Waals surface area (Å²) in [4.78, 5) is 0. The Kier molecular flexibility index (Phi) is 4.86. The topological polar surface area (TPSA) is 30.7 Å². The highest BCUT2D eigenvalue weighted by Gasteiger charge is 2.13. The summed E-state index contributed by atoms with van der Waals surface area (Å²) in [5, 5.41) is 10.1. The lowest BCUT2D eigenvalue weighted by Gasteiger charge is -2.05. The molecule has 6 heteroatoms. The summed E-state index contributed by atoms with van der Waals surface area (Å²) < 4.78 is 3.06. The minimum atomic E-state index is 0.682. The zero-order valence-electron chi connectivity index (χ0n) is 11.8. The Bertz CT molecular complexity index is 804.